The Morgan fingerprint density at radius 3 is 2.32 bits per heavy atom. The Kier molecular flexibility index (Phi) is 6.65. The zero-order chi connectivity index (χ0) is 21.1. The number of likely N-dealkylation sites (tertiary alicyclic amines) is 1. The number of hydrogen-bond acceptors (Lipinski definition) is 3. The van der Waals surface area contributed by atoms with E-state index in [0.29, 0.717) is 25.9 Å². The molecule has 1 aliphatic heterocycles. The van der Waals surface area contributed by atoms with Gasteiger partial charge in [-0.2, -0.15) is 18.2 Å². The SMILES string of the molecule is CN(C)CC(=O)N1CCC(c2ccc(C(=O)N=C(N)N)cc2C(F)(F)F)CC1. The maximum Gasteiger partial charge on any atom is 0.416 e. The van der Waals surface area contributed by atoms with Gasteiger partial charge in [0, 0.05) is 18.7 Å². The number of carbonyl (C=O) groups is 2. The van der Waals surface area contributed by atoms with Gasteiger partial charge in [-0.15, -0.1) is 0 Å². The summed E-state index contributed by atoms with van der Waals surface area (Å²) in [6.45, 7) is 1.05. The molecule has 2 amide bonds. The summed E-state index contributed by atoms with van der Waals surface area (Å²) in [7, 11) is 3.57. The van der Waals surface area contributed by atoms with Gasteiger partial charge >= 0.3 is 6.18 Å². The first-order valence-corrected chi connectivity index (χ1v) is 8.76. The van der Waals surface area contributed by atoms with Gasteiger partial charge in [0.2, 0.25) is 5.91 Å². The predicted molar refractivity (Wildman–Crippen MR) is 98.7 cm³/mol. The molecule has 1 saturated heterocycles. The molecule has 4 N–H and O–H groups in total. The molecule has 0 aromatic heterocycles. The van der Waals surface area contributed by atoms with Crippen LogP contribution in [0.15, 0.2) is 23.2 Å². The van der Waals surface area contributed by atoms with E-state index in [2.05, 4.69) is 4.99 Å². The molecule has 0 aliphatic carbocycles. The number of guanidine groups is 1. The van der Waals surface area contributed by atoms with Gasteiger partial charge in [-0.25, -0.2) is 0 Å². The summed E-state index contributed by atoms with van der Waals surface area (Å²) in [5.74, 6) is -1.84. The van der Waals surface area contributed by atoms with Crippen LogP contribution in [0.2, 0.25) is 0 Å². The number of piperidine rings is 1. The van der Waals surface area contributed by atoms with Crippen LogP contribution in [0.1, 0.15) is 40.2 Å². The lowest BCUT2D eigenvalue weighted by Gasteiger charge is -2.34. The number of nitrogens with two attached hydrogens (primary N) is 2. The number of likely N-dealkylation sites (N-methyl/N-ethyl adjacent to an activating group) is 1. The zero-order valence-electron chi connectivity index (χ0n) is 15.8. The summed E-state index contributed by atoms with van der Waals surface area (Å²) in [6, 6.07) is 3.39. The lowest BCUT2D eigenvalue weighted by Crippen LogP contribution is -2.42. The second-order valence-corrected chi connectivity index (χ2v) is 7.03. The molecule has 28 heavy (non-hydrogen) atoms. The number of aliphatic imine (C=N–C) groups is 1. The van der Waals surface area contributed by atoms with E-state index in [-0.39, 0.29) is 29.5 Å². The van der Waals surface area contributed by atoms with Gasteiger partial charge in [0.1, 0.15) is 0 Å². The minimum atomic E-state index is -4.62. The molecule has 0 spiro atoms. The number of hydrogen-bond donors (Lipinski definition) is 2. The van der Waals surface area contributed by atoms with Crippen molar-refractivity contribution in [1.29, 1.82) is 0 Å². The fraction of sp³-hybridized carbons (Fsp3) is 0.500. The summed E-state index contributed by atoms with van der Waals surface area (Å²) in [4.78, 5) is 30.7. The van der Waals surface area contributed by atoms with E-state index in [0.717, 1.165) is 6.07 Å². The first kappa shape index (κ1) is 21.7. The smallest absolute Gasteiger partial charge is 0.370 e. The Labute approximate surface area is 161 Å². The Bertz CT molecular complexity index is 765. The summed E-state index contributed by atoms with van der Waals surface area (Å²) < 4.78 is 40.8. The lowest BCUT2D eigenvalue weighted by atomic mass is 9.85. The fourth-order valence-corrected chi connectivity index (χ4v) is 3.28. The van der Waals surface area contributed by atoms with Crippen LogP contribution < -0.4 is 11.5 Å². The van der Waals surface area contributed by atoms with Crippen molar-refractivity contribution in [2.45, 2.75) is 24.9 Å². The summed E-state index contributed by atoms with van der Waals surface area (Å²) in [5, 5.41) is 0. The molecule has 7 nitrogen and oxygen atoms in total. The van der Waals surface area contributed by atoms with Gasteiger partial charge in [0.15, 0.2) is 5.96 Å². The quantitative estimate of drug-likeness (QED) is 0.588. The molecule has 1 aliphatic rings. The zero-order valence-corrected chi connectivity index (χ0v) is 15.8. The number of halogens is 3. The molecule has 0 unspecified atom stereocenters. The molecule has 154 valence electrons. The highest BCUT2D eigenvalue weighted by Gasteiger charge is 2.37. The average molecular weight is 399 g/mol. The van der Waals surface area contributed by atoms with E-state index >= 15 is 0 Å². The van der Waals surface area contributed by atoms with E-state index in [1.165, 1.54) is 12.1 Å². The topological polar surface area (TPSA) is 105 Å². The van der Waals surface area contributed by atoms with E-state index < -0.39 is 23.6 Å². The van der Waals surface area contributed by atoms with Gasteiger partial charge in [0.05, 0.1) is 12.1 Å². The molecule has 1 aromatic rings. The van der Waals surface area contributed by atoms with Crippen LogP contribution in [0.4, 0.5) is 13.2 Å². The molecule has 10 heteroatoms. The van der Waals surface area contributed by atoms with Crippen molar-refractivity contribution >= 4 is 17.8 Å². The molecule has 0 atom stereocenters. The third kappa shape index (κ3) is 5.44. The third-order valence-corrected chi connectivity index (χ3v) is 4.58. The molecule has 0 bridgehead atoms. The monoisotopic (exact) mass is 399 g/mol. The number of nitrogens with zero attached hydrogens (tertiary/aromatic N) is 3. The van der Waals surface area contributed by atoms with Crippen molar-refractivity contribution in [2.75, 3.05) is 33.7 Å². The van der Waals surface area contributed by atoms with Gasteiger partial charge in [-0.1, -0.05) is 6.07 Å². The number of alkyl halides is 3. The van der Waals surface area contributed by atoms with E-state index in [1.807, 2.05) is 0 Å². The molecule has 0 radical (unpaired) electrons. The van der Waals surface area contributed by atoms with Gasteiger partial charge in [-0.3, -0.25) is 9.59 Å². The number of amides is 2. The normalized spacial score (nSPS) is 15.6. The average Bonchev–Trinajstić information content (AvgIpc) is 2.59. The Balaban J connectivity index is 2.23. The maximum atomic E-state index is 13.6. The predicted octanol–water partition coefficient (Wildman–Crippen LogP) is 1.39. The van der Waals surface area contributed by atoms with Crippen molar-refractivity contribution in [2.24, 2.45) is 16.5 Å². The molecular formula is C18H24F3N5O2. The first-order valence-electron chi connectivity index (χ1n) is 8.76. The van der Waals surface area contributed by atoms with Crippen molar-refractivity contribution in [3.8, 4) is 0 Å². The van der Waals surface area contributed by atoms with Crippen LogP contribution in [-0.2, 0) is 11.0 Å². The standard InChI is InChI=1S/C18H24F3N5O2/c1-25(2)10-15(27)26-7-5-11(6-8-26)13-4-3-12(16(28)24-17(22)23)9-14(13)18(19,20)21/h3-4,9,11H,5-8,10H2,1-2H3,(H4,22,23,24,28). The summed E-state index contributed by atoms with van der Waals surface area (Å²) in [6.07, 6.45) is -3.78. The molecule has 1 heterocycles. The lowest BCUT2D eigenvalue weighted by molar-refractivity contribution is -0.139. The Hall–Kier alpha value is -2.62. The van der Waals surface area contributed by atoms with Crippen LogP contribution >= 0.6 is 0 Å². The number of carbonyl (C=O) groups excluding carboxylic acids is 2. The van der Waals surface area contributed by atoms with Crippen LogP contribution in [-0.4, -0.2) is 61.3 Å². The van der Waals surface area contributed by atoms with E-state index in [4.69, 9.17) is 11.5 Å². The fourth-order valence-electron chi connectivity index (χ4n) is 3.28. The Morgan fingerprint density at radius 2 is 1.82 bits per heavy atom. The van der Waals surface area contributed by atoms with Crippen molar-refractivity contribution in [1.82, 2.24) is 9.80 Å². The van der Waals surface area contributed by atoms with Crippen molar-refractivity contribution < 1.29 is 22.8 Å². The van der Waals surface area contributed by atoms with Gasteiger partial charge in [-0.05, 0) is 50.6 Å². The van der Waals surface area contributed by atoms with Gasteiger partial charge in [0.25, 0.3) is 5.91 Å². The van der Waals surface area contributed by atoms with Crippen LogP contribution in [0.5, 0.6) is 0 Å². The highest BCUT2D eigenvalue weighted by molar-refractivity contribution is 6.02. The van der Waals surface area contributed by atoms with Crippen molar-refractivity contribution in [3.05, 3.63) is 34.9 Å². The molecule has 2 rings (SSSR count). The van der Waals surface area contributed by atoms with Crippen LogP contribution in [0.25, 0.3) is 0 Å². The molecule has 1 aromatic carbocycles. The van der Waals surface area contributed by atoms with Crippen LogP contribution in [0.3, 0.4) is 0 Å². The molecule has 1 fully saturated rings. The van der Waals surface area contributed by atoms with E-state index in [9.17, 15) is 22.8 Å². The summed E-state index contributed by atoms with van der Waals surface area (Å²) in [5.41, 5.74) is 9.25. The van der Waals surface area contributed by atoms with Crippen molar-refractivity contribution in [3.63, 3.8) is 0 Å². The third-order valence-electron chi connectivity index (χ3n) is 4.58. The maximum absolute atomic E-state index is 13.6. The highest BCUT2D eigenvalue weighted by Crippen LogP contribution is 2.39. The number of rotatable bonds is 4. The van der Waals surface area contributed by atoms with Crippen LogP contribution in [0, 0.1) is 0 Å². The highest BCUT2D eigenvalue weighted by atomic mass is 19.4. The molecule has 0 saturated carbocycles. The van der Waals surface area contributed by atoms with E-state index in [1.54, 1.807) is 23.9 Å². The minimum absolute atomic E-state index is 0.0438. The number of benzene rings is 1. The molecular weight excluding hydrogens is 375 g/mol. The van der Waals surface area contributed by atoms with Gasteiger partial charge < -0.3 is 21.3 Å². The second kappa shape index (κ2) is 8.59. The minimum Gasteiger partial charge on any atom is -0.370 e. The summed E-state index contributed by atoms with van der Waals surface area (Å²) >= 11 is 0. The Morgan fingerprint density at radius 1 is 1.21 bits per heavy atom. The first-order chi connectivity index (χ1) is 13.0. The second-order valence-electron chi connectivity index (χ2n) is 7.03. The largest absolute Gasteiger partial charge is 0.416 e.